The highest BCUT2D eigenvalue weighted by Gasteiger charge is 2.70. The fourth-order valence-electron chi connectivity index (χ4n) is 6.32. The van der Waals surface area contributed by atoms with Crippen LogP contribution in [0.25, 0.3) is 0 Å². The largest absolute Gasteiger partial charge is 0.473 e. The van der Waals surface area contributed by atoms with E-state index in [1.54, 1.807) is 9.80 Å². The van der Waals surface area contributed by atoms with Crippen LogP contribution in [0.1, 0.15) is 19.4 Å². The van der Waals surface area contributed by atoms with E-state index in [-0.39, 0.29) is 46.1 Å². The Kier molecular flexibility index (Phi) is 5.61. The van der Waals surface area contributed by atoms with E-state index in [1.165, 1.54) is 18.5 Å². The van der Waals surface area contributed by atoms with Crippen LogP contribution in [0.5, 0.6) is 5.88 Å². The average Bonchev–Trinajstić information content (AvgIpc) is 3.52. The molecule has 0 radical (unpaired) electrons. The third-order valence-electron chi connectivity index (χ3n) is 8.05. The zero-order valence-electron chi connectivity index (χ0n) is 20.9. The van der Waals surface area contributed by atoms with Crippen LogP contribution in [0.15, 0.2) is 29.4 Å². The van der Waals surface area contributed by atoms with Crippen molar-refractivity contribution >= 4 is 27.4 Å². The summed E-state index contributed by atoms with van der Waals surface area (Å²) in [4.78, 5) is 24.8. The Morgan fingerprint density at radius 1 is 1.27 bits per heavy atom. The lowest BCUT2D eigenvalue weighted by Gasteiger charge is -2.51. The van der Waals surface area contributed by atoms with Crippen molar-refractivity contribution in [3.05, 3.63) is 35.9 Å². The van der Waals surface area contributed by atoms with Crippen molar-refractivity contribution in [1.29, 1.82) is 0 Å². The second-order valence-electron chi connectivity index (χ2n) is 10.6. The van der Waals surface area contributed by atoms with E-state index in [2.05, 4.69) is 9.97 Å². The van der Waals surface area contributed by atoms with Gasteiger partial charge in [-0.1, -0.05) is 0 Å². The fourth-order valence-corrected chi connectivity index (χ4v) is 6.95. The van der Waals surface area contributed by atoms with Gasteiger partial charge < -0.3 is 24.0 Å². The average molecular weight is 533 g/mol. The highest BCUT2D eigenvalue weighted by molar-refractivity contribution is 7.90. The smallest absolute Gasteiger partial charge is 0.410 e. The van der Waals surface area contributed by atoms with E-state index in [0.29, 0.717) is 51.0 Å². The molecule has 1 amide bonds. The van der Waals surface area contributed by atoms with Gasteiger partial charge in [0.1, 0.15) is 24.1 Å². The van der Waals surface area contributed by atoms with Gasteiger partial charge in [-0.2, -0.15) is 0 Å². The predicted octanol–water partition coefficient (Wildman–Crippen LogP) is 2.58. The molecular formula is C25H29FN4O6S. The van der Waals surface area contributed by atoms with Gasteiger partial charge in [0.25, 0.3) is 0 Å². The van der Waals surface area contributed by atoms with Crippen LogP contribution in [0, 0.1) is 23.1 Å². The Balaban J connectivity index is 1.24. The van der Waals surface area contributed by atoms with E-state index >= 15 is 0 Å². The summed E-state index contributed by atoms with van der Waals surface area (Å²) in [6.07, 6.45) is 2.32. The van der Waals surface area contributed by atoms with Crippen molar-refractivity contribution in [2.45, 2.75) is 37.4 Å². The Hall–Kier alpha value is -2.99. The summed E-state index contributed by atoms with van der Waals surface area (Å²) in [6.45, 7) is 6.40. The highest BCUT2D eigenvalue weighted by atomic mass is 32.2. The lowest BCUT2D eigenvalue weighted by molar-refractivity contribution is -0.102. The molecule has 4 unspecified atom stereocenters. The molecule has 4 aliphatic rings. The topological polar surface area (TPSA) is 111 Å². The Bertz CT molecular complexity index is 1370. The molecule has 2 aromatic rings. The van der Waals surface area contributed by atoms with E-state index < -0.39 is 15.7 Å². The van der Waals surface area contributed by atoms with Crippen LogP contribution in [0.4, 0.5) is 20.7 Å². The number of hydrogen-bond acceptors (Lipinski definition) is 9. The van der Waals surface area contributed by atoms with Gasteiger partial charge >= 0.3 is 6.09 Å². The number of amides is 1. The summed E-state index contributed by atoms with van der Waals surface area (Å²) in [7, 11) is -3.52. The number of carbonyl (C=O) groups is 1. The Morgan fingerprint density at radius 3 is 2.81 bits per heavy atom. The molecule has 2 saturated heterocycles. The molecule has 1 spiro atoms. The maximum Gasteiger partial charge on any atom is 0.410 e. The number of halogens is 1. The molecule has 10 nitrogen and oxygen atoms in total. The molecule has 1 aromatic carbocycles. The first-order valence-electron chi connectivity index (χ1n) is 12.4. The summed E-state index contributed by atoms with van der Waals surface area (Å²) < 4.78 is 56.3. The van der Waals surface area contributed by atoms with E-state index in [0.717, 1.165) is 17.9 Å². The van der Waals surface area contributed by atoms with Crippen LogP contribution >= 0.6 is 0 Å². The summed E-state index contributed by atoms with van der Waals surface area (Å²) >= 11 is 0. The van der Waals surface area contributed by atoms with Gasteiger partial charge in [0.15, 0.2) is 9.84 Å². The molecule has 1 aromatic heterocycles. The van der Waals surface area contributed by atoms with E-state index in [4.69, 9.17) is 14.2 Å². The molecule has 1 aliphatic carbocycles. The number of ether oxygens (including phenoxy) is 3. The number of carbonyl (C=O) groups excluding carboxylic acids is 1. The summed E-state index contributed by atoms with van der Waals surface area (Å²) in [6, 6.07) is 3.89. The van der Waals surface area contributed by atoms with Gasteiger partial charge in [-0.05, 0) is 38.5 Å². The fraction of sp³-hybridized carbons (Fsp3) is 0.560. The number of aromatic nitrogens is 2. The van der Waals surface area contributed by atoms with Crippen molar-refractivity contribution in [3.63, 3.8) is 0 Å². The zero-order chi connectivity index (χ0) is 26.1. The minimum atomic E-state index is -3.52. The second kappa shape index (κ2) is 8.52. The first kappa shape index (κ1) is 24.4. The molecule has 198 valence electrons. The molecular weight excluding hydrogens is 503 g/mol. The number of hydrogen-bond donors (Lipinski definition) is 0. The molecule has 6 rings (SSSR count). The Morgan fingerprint density at radius 2 is 2.08 bits per heavy atom. The molecule has 12 heteroatoms. The number of anilines is 2. The van der Waals surface area contributed by atoms with E-state index in [9.17, 15) is 17.6 Å². The number of benzene rings is 1. The minimum absolute atomic E-state index is 0.0741. The first-order chi connectivity index (χ1) is 17.6. The third-order valence-corrected chi connectivity index (χ3v) is 9.16. The monoisotopic (exact) mass is 532 g/mol. The van der Waals surface area contributed by atoms with Crippen molar-refractivity contribution in [2.75, 3.05) is 44.0 Å². The number of likely N-dealkylation sites (tertiary alicyclic amines) is 1. The van der Waals surface area contributed by atoms with Crippen molar-refractivity contribution < 1.29 is 31.8 Å². The number of sulfone groups is 1. The quantitative estimate of drug-likeness (QED) is 0.574. The number of nitrogens with zero attached hydrogens (tertiary/aromatic N) is 4. The van der Waals surface area contributed by atoms with Gasteiger partial charge in [-0.3, -0.25) is 0 Å². The lowest BCUT2D eigenvalue weighted by Crippen LogP contribution is -2.61. The summed E-state index contributed by atoms with van der Waals surface area (Å²) in [5.74, 6) is 0.595. The maximum absolute atomic E-state index is 14.9. The summed E-state index contributed by atoms with van der Waals surface area (Å²) in [5.41, 5.74) is 0.894. The SMILES string of the molecule is CC(C)OC(=O)N1CC2C(Oc3ncnc4c3CCN4c3ccc(S(C)(=O)=O)cc3F)C3COCC32C1. The van der Waals surface area contributed by atoms with Crippen molar-refractivity contribution in [2.24, 2.45) is 17.3 Å². The van der Waals surface area contributed by atoms with Gasteiger partial charge in [-0.25, -0.2) is 27.6 Å². The van der Waals surface area contributed by atoms with Crippen LogP contribution in [-0.4, -0.2) is 80.7 Å². The summed E-state index contributed by atoms with van der Waals surface area (Å²) in [5, 5.41) is 0. The van der Waals surface area contributed by atoms with Crippen LogP contribution in [0.2, 0.25) is 0 Å². The molecule has 37 heavy (non-hydrogen) atoms. The second-order valence-corrected chi connectivity index (χ2v) is 12.6. The zero-order valence-corrected chi connectivity index (χ0v) is 21.7. The van der Waals surface area contributed by atoms with Gasteiger partial charge in [0.05, 0.1) is 35.5 Å². The highest BCUT2D eigenvalue weighted by Crippen LogP contribution is 2.60. The molecule has 0 N–H and O–H groups in total. The van der Waals surface area contributed by atoms with Crippen molar-refractivity contribution in [1.82, 2.24) is 14.9 Å². The predicted molar refractivity (Wildman–Crippen MR) is 130 cm³/mol. The van der Waals surface area contributed by atoms with Crippen LogP contribution in [-0.2, 0) is 25.7 Å². The molecule has 4 atom stereocenters. The minimum Gasteiger partial charge on any atom is -0.473 e. The third kappa shape index (κ3) is 3.83. The maximum atomic E-state index is 14.9. The first-order valence-corrected chi connectivity index (χ1v) is 14.3. The standard InChI is InChI=1S/C25H29FN4O6S/c1-14(2)35-24(31)29-9-17-21(18-10-34-12-25(17,18)11-29)36-23-16-6-7-30(22(16)27-13-28-23)20-5-4-15(8-19(20)26)37(3,32)33/h4-5,8,13-14,17-18,21H,6-7,9-12H2,1-3H3. The molecule has 1 saturated carbocycles. The molecule has 4 heterocycles. The van der Waals surface area contributed by atoms with E-state index in [1.807, 2.05) is 13.8 Å². The van der Waals surface area contributed by atoms with Crippen molar-refractivity contribution in [3.8, 4) is 5.88 Å². The van der Waals surface area contributed by atoms with Crippen LogP contribution < -0.4 is 9.64 Å². The Labute approximate surface area is 214 Å². The number of rotatable bonds is 5. The normalized spacial score (nSPS) is 28.1. The molecule has 3 aliphatic heterocycles. The van der Waals surface area contributed by atoms with Gasteiger partial charge in [0, 0.05) is 43.1 Å². The molecule has 0 bridgehead atoms. The van der Waals surface area contributed by atoms with Gasteiger partial charge in [-0.15, -0.1) is 0 Å². The number of fused-ring (bicyclic) bond motifs is 1. The van der Waals surface area contributed by atoms with Crippen LogP contribution in [0.3, 0.4) is 0 Å². The molecule has 3 fully saturated rings. The van der Waals surface area contributed by atoms with Gasteiger partial charge in [0.2, 0.25) is 5.88 Å². The lowest BCUT2D eigenvalue weighted by atomic mass is 9.54.